The summed E-state index contributed by atoms with van der Waals surface area (Å²) in [6, 6.07) is 3.55. The minimum absolute atomic E-state index is 0.504. The van der Waals surface area contributed by atoms with Crippen LogP contribution in [0, 0.1) is 10.1 Å². The second kappa shape index (κ2) is 4.79. The van der Waals surface area contributed by atoms with Gasteiger partial charge in [0, 0.05) is 29.3 Å². The molecule has 0 aliphatic heterocycles. The molecule has 0 aliphatic rings. The van der Waals surface area contributed by atoms with Crippen LogP contribution in [0.3, 0.4) is 0 Å². The zero-order valence-corrected chi connectivity index (χ0v) is 9.97. The molecule has 18 heavy (non-hydrogen) atoms. The van der Waals surface area contributed by atoms with Crippen molar-refractivity contribution in [2.75, 3.05) is 14.2 Å². The molecule has 2 aromatic rings. The van der Waals surface area contributed by atoms with Crippen LogP contribution in [-0.4, -0.2) is 24.1 Å². The number of benzene rings is 1. The summed E-state index contributed by atoms with van der Waals surface area (Å²) in [5.74, 6) is 1.26. The van der Waals surface area contributed by atoms with Gasteiger partial charge in [-0.15, -0.1) is 0 Å². The van der Waals surface area contributed by atoms with Gasteiger partial charge in [-0.3, -0.25) is 10.1 Å². The molecule has 1 heterocycles. The third kappa shape index (κ3) is 2.13. The summed E-state index contributed by atoms with van der Waals surface area (Å²) in [4.78, 5) is 12.9. The number of aromatic amines is 1. The molecule has 0 radical (unpaired) electrons. The normalized spacial score (nSPS) is 11.0. The Morgan fingerprint density at radius 2 is 2.11 bits per heavy atom. The Morgan fingerprint density at radius 1 is 1.33 bits per heavy atom. The standard InChI is InChI=1S/C12H12N2O4/c1-17-9-5-10-8(3-4-14(15)16)7-13-12(10)11(6-9)18-2/h3-7,13H,1-2H3. The van der Waals surface area contributed by atoms with E-state index >= 15 is 0 Å². The van der Waals surface area contributed by atoms with Crippen LogP contribution >= 0.6 is 0 Å². The lowest BCUT2D eigenvalue weighted by atomic mass is 10.1. The molecule has 0 bridgehead atoms. The van der Waals surface area contributed by atoms with Crippen molar-refractivity contribution in [1.29, 1.82) is 0 Å². The van der Waals surface area contributed by atoms with E-state index in [2.05, 4.69) is 4.98 Å². The summed E-state index contributed by atoms with van der Waals surface area (Å²) in [5, 5.41) is 11.1. The van der Waals surface area contributed by atoms with Crippen molar-refractivity contribution < 1.29 is 14.4 Å². The number of ether oxygens (including phenoxy) is 2. The number of H-pyrrole nitrogens is 1. The molecular weight excluding hydrogens is 236 g/mol. The van der Waals surface area contributed by atoms with Crippen molar-refractivity contribution in [3.8, 4) is 11.5 Å². The summed E-state index contributed by atoms with van der Waals surface area (Å²) in [5.41, 5.74) is 1.49. The number of hydrogen-bond donors (Lipinski definition) is 1. The van der Waals surface area contributed by atoms with Gasteiger partial charge >= 0.3 is 0 Å². The minimum atomic E-state index is -0.504. The van der Waals surface area contributed by atoms with E-state index < -0.39 is 4.92 Å². The Kier molecular flexibility index (Phi) is 3.18. The van der Waals surface area contributed by atoms with Crippen LogP contribution in [0.15, 0.2) is 24.5 Å². The van der Waals surface area contributed by atoms with E-state index in [4.69, 9.17) is 9.47 Å². The molecule has 0 amide bonds. The van der Waals surface area contributed by atoms with Gasteiger partial charge in [0.25, 0.3) is 0 Å². The summed E-state index contributed by atoms with van der Waals surface area (Å²) >= 11 is 0. The molecular formula is C12H12N2O4. The monoisotopic (exact) mass is 248 g/mol. The maximum absolute atomic E-state index is 10.3. The highest BCUT2D eigenvalue weighted by Crippen LogP contribution is 2.32. The van der Waals surface area contributed by atoms with Crippen molar-refractivity contribution in [3.63, 3.8) is 0 Å². The van der Waals surface area contributed by atoms with Crippen LogP contribution in [0.4, 0.5) is 0 Å². The van der Waals surface area contributed by atoms with E-state index in [0.717, 1.165) is 17.1 Å². The molecule has 1 N–H and O–H groups in total. The van der Waals surface area contributed by atoms with Crippen LogP contribution < -0.4 is 9.47 Å². The van der Waals surface area contributed by atoms with Gasteiger partial charge in [-0.2, -0.15) is 0 Å². The number of nitrogens with zero attached hydrogens (tertiary/aromatic N) is 1. The van der Waals surface area contributed by atoms with Crippen molar-refractivity contribution in [2.24, 2.45) is 0 Å². The summed E-state index contributed by atoms with van der Waals surface area (Å²) in [6.45, 7) is 0. The van der Waals surface area contributed by atoms with Gasteiger partial charge in [0.1, 0.15) is 11.5 Å². The number of fused-ring (bicyclic) bond motifs is 1. The Labute approximate surface area is 103 Å². The molecule has 1 aromatic heterocycles. The fourth-order valence-corrected chi connectivity index (χ4v) is 1.75. The molecule has 6 nitrogen and oxygen atoms in total. The molecule has 0 unspecified atom stereocenters. The number of methoxy groups -OCH3 is 2. The topological polar surface area (TPSA) is 77.4 Å². The van der Waals surface area contributed by atoms with E-state index in [9.17, 15) is 10.1 Å². The molecule has 0 saturated carbocycles. The van der Waals surface area contributed by atoms with Gasteiger partial charge < -0.3 is 14.5 Å². The van der Waals surface area contributed by atoms with Crippen molar-refractivity contribution in [3.05, 3.63) is 40.2 Å². The second-order valence-electron chi connectivity index (χ2n) is 3.60. The van der Waals surface area contributed by atoms with Crippen molar-refractivity contribution in [2.45, 2.75) is 0 Å². The van der Waals surface area contributed by atoms with Gasteiger partial charge in [0.2, 0.25) is 6.20 Å². The number of aromatic nitrogens is 1. The van der Waals surface area contributed by atoms with Crippen LogP contribution in [0.2, 0.25) is 0 Å². The fourth-order valence-electron chi connectivity index (χ4n) is 1.75. The summed E-state index contributed by atoms with van der Waals surface area (Å²) in [7, 11) is 3.11. The van der Waals surface area contributed by atoms with Gasteiger partial charge in [-0.25, -0.2) is 0 Å². The first-order valence-electron chi connectivity index (χ1n) is 5.20. The van der Waals surface area contributed by atoms with Gasteiger partial charge in [0.05, 0.1) is 24.7 Å². The van der Waals surface area contributed by atoms with E-state index in [1.54, 1.807) is 32.5 Å². The summed E-state index contributed by atoms with van der Waals surface area (Å²) in [6.07, 6.45) is 4.01. The quantitative estimate of drug-likeness (QED) is 0.665. The van der Waals surface area contributed by atoms with E-state index in [1.807, 2.05) is 0 Å². The third-order valence-corrected chi connectivity index (χ3v) is 2.59. The lowest BCUT2D eigenvalue weighted by molar-refractivity contribution is -0.400. The predicted molar refractivity (Wildman–Crippen MR) is 67.4 cm³/mol. The molecule has 0 saturated heterocycles. The van der Waals surface area contributed by atoms with Crippen LogP contribution in [0.5, 0.6) is 11.5 Å². The molecule has 2 rings (SSSR count). The zero-order chi connectivity index (χ0) is 13.1. The SMILES string of the molecule is COc1cc(OC)c2[nH]cc(C=C[N+](=O)[O-])c2c1. The Morgan fingerprint density at radius 3 is 2.72 bits per heavy atom. The maximum atomic E-state index is 10.3. The highest BCUT2D eigenvalue weighted by Gasteiger charge is 2.10. The van der Waals surface area contributed by atoms with Crippen LogP contribution in [0.1, 0.15) is 5.56 Å². The van der Waals surface area contributed by atoms with E-state index in [1.165, 1.54) is 6.08 Å². The first kappa shape index (κ1) is 12.0. The second-order valence-corrected chi connectivity index (χ2v) is 3.60. The lowest BCUT2D eigenvalue weighted by Crippen LogP contribution is -1.88. The number of rotatable bonds is 4. The van der Waals surface area contributed by atoms with Gasteiger partial charge in [-0.1, -0.05) is 0 Å². The molecule has 6 heteroatoms. The predicted octanol–water partition coefficient (Wildman–Crippen LogP) is 2.43. The van der Waals surface area contributed by atoms with Crippen molar-refractivity contribution in [1.82, 2.24) is 4.98 Å². The number of nitrogens with one attached hydrogen (secondary N) is 1. The number of nitro groups is 1. The largest absolute Gasteiger partial charge is 0.497 e. The average Bonchev–Trinajstić information content (AvgIpc) is 2.78. The summed E-state index contributed by atoms with van der Waals surface area (Å²) < 4.78 is 10.4. The first-order valence-corrected chi connectivity index (χ1v) is 5.20. The van der Waals surface area contributed by atoms with E-state index in [0.29, 0.717) is 17.1 Å². The van der Waals surface area contributed by atoms with Crippen LogP contribution in [0.25, 0.3) is 17.0 Å². The Hall–Kier alpha value is -2.50. The minimum Gasteiger partial charge on any atom is -0.497 e. The molecule has 1 aromatic carbocycles. The van der Waals surface area contributed by atoms with Gasteiger partial charge in [-0.05, 0) is 6.07 Å². The van der Waals surface area contributed by atoms with Crippen molar-refractivity contribution >= 4 is 17.0 Å². The smallest absolute Gasteiger partial charge is 0.235 e. The first-order chi connectivity index (χ1) is 8.65. The maximum Gasteiger partial charge on any atom is 0.235 e. The lowest BCUT2D eigenvalue weighted by Gasteiger charge is -2.05. The third-order valence-electron chi connectivity index (χ3n) is 2.59. The van der Waals surface area contributed by atoms with E-state index in [-0.39, 0.29) is 0 Å². The average molecular weight is 248 g/mol. The van der Waals surface area contributed by atoms with Gasteiger partial charge in [0.15, 0.2) is 0 Å². The Bertz CT molecular complexity index is 616. The molecule has 94 valence electrons. The fraction of sp³-hybridized carbons (Fsp3) is 0.167. The molecule has 0 atom stereocenters. The highest BCUT2D eigenvalue weighted by atomic mass is 16.6. The molecule has 0 fully saturated rings. The number of hydrogen-bond acceptors (Lipinski definition) is 4. The molecule has 0 aliphatic carbocycles. The zero-order valence-electron chi connectivity index (χ0n) is 9.97. The Balaban J connectivity index is 2.60. The van der Waals surface area contributed by atoms with Crippen LogP contribution in [-0.2, 0) is 0 Å². The molecule has 0 spiro atoms. The highest BCUT2D eigenvalue weighted by molar-refractivity contribution is 5.94.